The lowest BCUT2D eigenvalue weighted by molar-refractivity contribution is -0.155. The summed E-state index contributed by atoms with van der Waals surface area (Å²) in [6.45, 7) is 13.6. The smallest absolute Gasteiger partial charge is 0.307 e. The van der Waals surface area contributed by atoms with Gasteiger partial charge in [0.25, 0.3) is 0 Å². The summed E-state index contributed by atoms with van der Waals surface area (Å²) in [6.07, 6.45) is 0.632. The molecule has 3 rings (SSSR count). The molecule has 0 aliphatic carbocycles. The van der Waals surface area contributed by atoms with E-state index >= 15 is 0 Å². The number of carbonyl (C=O) groups is 2. The third-order valence-electron chi connectivity index (χ3n) is 5.56. The monoisotopic (exact) mass is 492 g/mol. The number of rotatable bonds is 10. The van der Waals surface area contributed by atoms with E-state index in [4.69, 9.17) is 9.47 Å². The maximum Gasteiger partial charge on any atom is 0.307 e. The fraction of sp³-hybridized carbons (Fsp3) is 0.467. The van der Waals surface area contributed by atoms with Gasteiger partial charge in [-0.2, -0.15) is 0 Å². The minimum absolute atomic E-state index is 0.205. The maximum absolute atomic E-state index is 12.1. The minimum atomic E-state index is -0.480. The molecule has 0 saturated heterocycles. The summed E-state index contributed by atoms with van der Waals surface area (Å²) in [5, 5.41) is 11.6. The summed E-state index contributed by atoms with van der Waals surface area (Å²) in [4.78, 5) is 24.1. The van der Waals surface area contributed by atoms with Crippen molar-refractivity contribution in [3.63, 3.8) is 0 Å². The van der Waals surface area contributed by atoms with Crippen molar-refractivity contribution in [1.82, 2.24) is 10.6 Å². The first-order valence-corrected chi connectivity index (χ1v) is 12.7. The van der Waals surface area contributed by atoms with Crippen molar-refractivity contribution in [2.75, 3.05) is 13.1 Å². The van der Waals surface area contributed by atoms with Crippen molar-refractivity contribution in [2.24, 2.45) is 0 Å². The van der Waals surface area contributed by atoms with Crippen LogP contribution in [0.5, 0.6) is 0 Å². The highest BCUT2D eigenvalue weighted by Crippen LogP contribution is 2.28. The Morgan fingerprint density at radius 1 is 0.694 bits per heavy atom. The van der Waals surface area contributed by atoms with Crippen molar-refractivity contribution in [3.05, 3.63) is 59.7 Å². The Hall–Kier alpha value is -2.96. The molecule has 3 aromatic carbocycles. The number of fused-ring (bicyclic) bond motifs is 2. The summed E-state index contributed by atoms with van der Waals surface area (Å²) in [7, 11) is 0. The second kappa shape index (κ2) is 11.8. The van der Waals surface area contributed by atoms with Crippen LogP contribution in [-0.4, -0.2) is 36.2 Å². The summed E-state index contributed by atoms with van der Waals surface area (Å²) >= 11 is 0. The molecule has 0 aromatic heterocycles. The van der Waals surface area contributed by atoms with Crippen LogP contribution in [0, 0.1) is 0 Å². The second-order valence-electron chi connectivity index (χ2n) is 11.2. The van der Waals surface area contributed by atoms with Gasteiger partial charge in [0.1, 0.15) is 11.2 Å². The zero-order valence-electron chi connectivity index (χ0n) is 22.5. The molecule has 0 aliphatic heterocycles. The standard InChI is InChI=1S/C30H40N2O4/c1-29(2,3)35-27(33)13-15-31-19-24-12-11-23-17-21-9-7-8-10-22(21)18-25(23)26(24)20-32-16-14-28(34)36-30(4,5)6/h7-12,17-18,31-32H,13-16,19-20H2,1-6H3. The Balaban J connectivity index is 1.73. The van der Waals surface area contributed by atoms with Crippen LogP contribution in [-0.2, 0) is 32.2 Å². The minimum Gasteiger partial charge on any atom is -0.460 e. The molecule has 0 bridgehead atoms. The van der Waals surface area contributed by atoms with Gasteiger partial charge in [-0.25, -0.2) is 0 Å². The largest absolute Gasteiger partial charge is 0.460 e. The molecular formula is C30H40N2O4. The highest BCUT2D eigenvalue weighted by Gasteiger charge is 2.17. The Bertz CT molecular complexity index is 1210. The van der Waals surface area contributed by atoms with Crippen molar-refractivity contribution in [2.45, 2.75) is 78.7 Å². The Morgan fingerprint density at radius 3 is 1.78 bits per heavy atom. The number of nitrogens with one attached hydrogen (secondary N) is 2. The number of hydrogen-bond acceptors (Lipinski definition) is 6. The Morgan fingerprint density at radius 2 is 1.22 bits per heavy atom. The predicted octanol–water partition coefficient (Wildman–Crippen LogP) is 5.64. The van der Waals surface area contributed by atoms with Gasteiger partial charge in [0.15, 0.2) is 0 Å². The zero-order chi connectivity index (χ0) is 26.3. The van der Waals surface area contributed by atoms with Crippen LogP contribution in [0.25, 0.3) is 21.5 Å². The summed E-state index contributed by atoms with van der Waals surface area (Å²) in [5.41, 5.74) is 1.39. The van der Waals surface area contributed by atoms with Gasteiger partial charge in [0.05, 0.1) is 12.8 Å². The molecule has 0 aliphatic rings. The van der Waals surface area contributed by atoms with Crippen LogP contribution in [0.1, 0.15) is 65.5 Å². The first kappa shape index (κ1) is 27.6. The molecule has 0 radical (unpaired) electrons. The molecule has 36 heavy (non-hydrogen) atoms. The van der Waals surface area contributed by atoms with Crippen LogP contribution >= 0.6 is 0 Å². The van der Waals surface area contributed by atoms with Gasteiger partial charge in [-0.1, -0.05) is 36.4 Å². The first-order valence-electron chi connectivity index (χ1n) is 12.7. The van der Waals surface area contributed by atoms with Gasteiger partial charge in [0, 0.05) is 26.2 Å². The van der Waals surface area contributed by atoms with E-state index in [1.165, 1.54) is 27.1 Å². The normalized spacial score (nSPS) is 12.2. The predicted molar refractivity (Wildman–Crippen MR) is 146 cm³/mol. The third kappa shape index (κ3) is 8.61. The van der Waals surface area contributed by atoms with E-state index in [2.05, 4.69) is 59.2 Å². The molecular weight excluding hydrogens is 452 g/mol. The number of ether oxygens (including phenoxy) is 2. The molecule has 0 saturated carbocycles. The van der Waals surface area contributed by atoms with E-state index in [1.807, 2.05) is 41.5 Å². The van der Waals surface area contributed by atoms with Gasteiger partial charge in [-0.05, 0) is 86.3 Å². The summed E-state index contributed by atoms with van der Waals surface area (Å²) < 4.78 is 10.8. The van der Waals surface area contributed by atoms with Crippen LogP contribution in [0.4, 0.5) is 0 Å². The van der Waals surface area contributed by atoms with Gasteiger partial charge >= 0.3 is 11.9 Å². The number of hydrogen-bond donors (Lipinski definition) is 2. The molecule has 0 spiro atoms. The molecule has 0 atom stereocenters. The maximum atomic E-state index is 12.1. The Labute approximate surface area is 214 Å². The molecule has 0 fully saturated rings. The lowest BCUT2D eigenvalue weighted by atomic mass is 9.95. The summed E-state index contributed by atoms with van der Waals surface area (Å²) in [6, 6.07) is 17.1. The number of esters is 2. The van der Waals surface area contributed by atoms with Crippen LogP contribution in [0.2, 0.25) is 0 Å². The highest BCUT2D eigenvalue weighted by molar-refractivity contribution is 6.00. The molecule has 0 unspecified atom stereocenters. The zero-order valence-corrected chi connectivity index (χ0v) is 22.5. The van der Waals surface area contributed by atoms with Crippen LogP contribution < -0.4 is 10.6 Å². The van der Waals surface area contributed by atoms with E-state index in [1.54, 1.807) is 0 Å². The molecule has 0 amide bonds. The average molecular weight is 493 g/mol. The van der Waals surface area contributed by atoms with Crippen LogP contribution in [0.3, 0.4) is 0 Å². The van der Waals surface area contributed by atoms with E-state index < -0.39 is 11.2 Å². The van der Waals surface area contributed by atoms with E-state index in [-0.39, 0.29) is 11.9 Å². The van der Waals surface area contributed by atoms with Gasteiger partial charge < -0.3 is 20.1 Å². The van der Waals surface area contributed by atoms with Gasteiger partial charge in [0.2, 0.25) is 0 Å². The number of carbonyl (C=O) groups excluding carboxylic acids is 2. The quantitative estimate of drug-likeness (QED) is 0.217. The topological polar surface area (TPSA) is 76.7 Å². The molecule has 2 N–H and O–H groups in total. The lowest BCUT2D eigenvalue weighted by Gasteiger charge is -2.20. The highest BCUT2D eigenvalue weighted by atomic mass is 16.6. The van der Waals surface area contributed by atoms with E-state index in [0.29, 0.717) is 39.0 Å². The fourth-order valence-electron chi connectivity index (χ4n) is 4.10. The Kier molecular flexibility index (Phi) is 9.09. The third-order valence-corrected chi connectivity index (χ3v) is 5.56. The van der Waals surface area contributed by atoms with Crippen molar-refractivity contribution >= 4 is 33.5 Å². The van der Waals surface area contributed by atoms with E-state index in [0.717, 1.165) is 5.56 Å². The second-order valence-corrected chi connectivity index (χ2v) is 11.2. The van der Waals surface area contributed by atoms with Gasteiger partial charge in [-0.15, -0.1) is 0 Å². The lowest BCUT2D eigenvalue weighted by Crippen LogP contribution is -2.27. The molecule has 6 nitrogen and oxygen atoms in total. The van der Waals surface area contributed by atoms with Gasteiger partial charge in [-0.3, -0.25) is 9.59 Å². The van der Waals surface area contributed by atoms with Crippen molar-refractivity contribution in [3.8, 4) is 0 Å². The number of benzene rings is 3. The van der Waals surface area contributed by atoms with Crippen molar-refractivity contribution < 1.29 is 19.1 Å². The van der Waals surface area contributed by atoms with Crippen LogP contribution in [0.15, 0.2) is 48.5 Å². The summed E-state index contributed by atoms with van der Waals surface area (Å²) in [5.74, 6) is -0.410. The first-order chi connectivity index (χ1) is 16.9. The molecule has 194 valence electrons. The fourth-order valence-corrected chi connectivity index (χ4v) is 4.10. The molecule has 6 heteroatoms. The molecule has 0 heterocycles. The van der Waals surface area contributed by atoms with E-state index in [9.17, 15) is 9.59 Å². The molecule has 3 aromatic rings. The average Bonchev–Trinajstić information content (AvgIpc) is 2.76. The van der Waals surface area contributed by atoms with Crippen molar-refractivity contribution in [1.29, 1.82) is 0 Å². The SMILES string of the molecule is CC(C)(C)OC(=O)CCNCc1ccc2cc3ccccc3cc2c1CNCCC(=O)OC(C)(C)C.